The van der Waals surface area contributed by atoms with E-state index in [0.717, 1.165) is 11.1 Å². The van der Waals surface area contributed by atoms with Gasteiger partial charge in [-0.05, 0) is 18.1 Å². The Balaban J connectivity index is 1.95. The maximum absolute atomic E-state index is 12.4. The largest absolute Gasteiger partial charge is 0.449 e. The van der Waals surface area contributed by atoms with Crippen LogP contribution < -0.4 is 16.2 Å². The number of alkyl carbamates (subject to hydrolysis) is 1. The molecule has 0 saturated heterocycles. The van der Waals surface area contributed by atoms with Crippen molar-refractivity contribution >= 4 is 18.1 Å². The summed E-state index contributed by atoms with van der Waals surface area (Å²) in [6, 6.07) is 17.4. The summed E-state index contributed by atoms with van der Waals surface area (Å²) < 4.78 is 9.85. The van der Waals surface area contributed by atoms with Crippen molar-refractivity contribution in [1.29, 1.82) is 0 Å². The number of carbonyl (C=O) groups is 3. The van der Waals surface area contributed by atoms with Crippen molar-refractivity contribution in [2.75, 3.05) is 6.61 Å². The lowest BCUT2D eigenvalue weighted by Crippen LogP contribution is -2.53. The first-order valence-corrected chi connectivity index (χ1v) is 8.82. The van der Waals surface area contributed by atoms with Gasteiger partial charge >= 0.3 is 12.2 Å². The predicted octanol–water partition coefficient (Wildman–Crippen LogP) is 2.30. The van der Waals surface area contributed by atoms with E-state index in [0.29, 0.717) is 0 Å². The van der Waals surface area contributed by atoms with Crippen LogP contribution in [0.4, 0.5) is 9.59 Å². The Morgan fingerprint density at radius 2 is 1.43 bits per heavy atom. The summed E-state index contributed by atoms with van der Waals surface area (Å²) in [6.45, 7) is 1.89. The molecule has 0 fully saturated rings. The first kappa shape index (κ1) is 20.8. The standard InChI is InChI=1S/C20H23N3O5/c1-2-27-20(26)23-22-18(24)17(13-15-9-5-3-6-10-15)21-19(25)28-14-16-11-7-4-8-12-16/h3-12,17H,2,13-14H2,1H3,(H,21,25)(H,22,24)(H,23,26). The van der Waals surface area contributed by atoms with Gasteiger partial charge in [-0.15, -0.1) is 0 Å². The highest BCUT2D eigenvalue weighted by Crippen LogP contribution is 2.05. The molecule has 0 heterocycles. The molecule has 2 rings (SSSR count). The summed E-state index contributed by atoms with van der Waals surface area (Å²) >= 11 is 0. The van der Waals surface area contributed by atoms with Crippen LogP contribution in [-0.4, -0.2) is 30.7 Å². The highest BCUT2D eigenvalue weighted by molar-refractivity contribution is 5.87. The zero-order valence-electron chi connectivity index (χ0n) is 15.5. The van der Waals surface area contributed by atoms with Crippen molar-refractivity contribution in [2.24, 2.45) is 0 Å². The second-order valence-electron chi connectivity index (χ2n) is 5.78. The number of amides is 3. The van der Waals surface area contributed by atoms with Crippen LogP contribution >= 0.6 is 0 Å². The number of hydrazine groups is 1. The van der Waals surface area contributed by atoms with E-state index >= 15 is 0 Å². The van der Waals surface area contributed by atoms with E-state index in [1.165, 1.54) is 0 Å². The van der Waals surface area contributed by atoms with Crippen molar-refractivity contribution in [2.45, 2.75) is 26.0 Å². The summed E-state index contributed by atoms with van der Waals surface area (Å²) in [5.41, 5.74) is 6.02. The van der Waals surface area contributed by atoms with Gasteiger partial charge in [-0.3, -0.25) is 10.2 Å². The van der Waals surface area contributed by atoms with Crippen LogP contribution in [0.5, 0.6) is 0 Å². The van der Waals surface area contributed by atoms with E-state index in [-0.39, 0.29) is 19.6 Å². The molecule has 0 aliphatic carbocycles. The molecule has 0 spiro atoms. The highest BCUT2D eigenvalue weighted by atomic mass is 16.6. The third kappa shape index (κ3) is 7.36. The molecule has 1 atom stereocenters. The Labute approximate surface area is 163 Å². The monoisotopic (exact) mass is 385 g/mol. The minimum atomic E-state index is -0.951. The van der Waals surface area contributed by atoms with Crippen molar-refractivity contribution in [3.8, 4) is 0 Å². The molecular weight excluding hydrogens is 362 g/mol. The summed E-state index contributed by atoms with van der Waals surface area (Å²) in [6.07, 6.45) is -1.31. The molecule has 148 valence electrons. The van der Waals surface area contributed by atoms with Crippen LogP contribution in [0.3, 0.4) is 0 Å². The van der Waals surface area contributed by atoms with Gasteiger partial charge in [-0.2, -0.15) is 0 Å². The van der Waals surface area contributed by atoms with Gasteiger partial charge in [-0.1, -0.05) is 60.7 Å². The van der Waals surface area contributed by atoms with Crippen molar-refractivity contribution in [1.82, 2.24) is 16.2 Å². The lowest BCUT2D eigenvalue weighted by Gasteiger charge is -2.18. The lowest BCUT2D eigenvalue weighted by atomic mass is 10.1. The van der Waals surface area contributed by atoms with E-state index in [4.69, 9.17) is 4.74 Å². The SMILES string of the molecule is CCOC(=O)NNC(=O)C(Cc1ccccc1)NC(=O)OCc1ccccc1. The molecule has 2 aromatic rings. The zero-order chi connectivity index (χ0) is 20.2. The van der Waals surface area contributed by atoms with Gasteiger partial charge in [0.1, 0.15) is 12.6 Å². The summed E-state index contributed by atoms with van der Waals surface area (Å²) in [5, 5.41) is 2.53. The number of carbonyl (C=O) groups excluding carboxylic acids is 3. The number of benzene rings is 2. The molecular formula is C20H23N3O5. The maximum atomic E-state index is 12.4. The van der Waals surface area contributed by atoms with E-state index < -0.39 is 24.1 Å². The molecule has 0 saturated carbocycles. The van der Waals surface area contributed by atoms with Crippen molar-refractivity contribution < 1.29 is 23.9 Å². The fourth-order valence-electron chi connectivity index (χ4n) is 2.33. The normalized spacial score (nSPS) is 11.0. The summed E-state index contributed by atoms with van der Waals surface area (Å²) in [5.74, 6) is -0.603. The first-order chi connectivity index (χ1) is 13.6. The van der Waals surface area contributed by atoms with Crippen molar-refractivity contribution in [3.63, 3.8) is 0 Å². The summed E-state index contributed by atoms with van der Waals surface area (Å²) in [4.78, 5) is 35.9. The van der Waals surface area contributed by atoms with E-state index in [1.807, 2.05) is 60.7 Å². The van der Waals surface area contributed by atoms with Crippen LogP contribution in [0, 0.1) is 0 Å². The van der Waals surface area contributed by atoms with Crippen LogP contribution in [0.25, 0.3) is 0 Å². The van der Waals surface area contributed by atoms with E-state index in [9.17, 15) is 14.4 Å². The number of nitrogens with one attached hydrogen (secondary N) is 3. The van der Waals surface area contributed by atoms with Gasteiger partial charge in [0.15, 0.2) is 0 Å². The van der Waals surface area contributed by atoms with Gasteiger partial charge < -0.3 is 14.8 Å². The minimum Gasteiger partial charge on any atom is -0.449 e. The molecule has 8 heteroatoms. The van der Waals surface area contributed by atoms with Crippen molar-refractivity contribution in [3.05, 3.63) is 71.8 Å². The molecule has 3 N–H and O–H groups in total. The second-order valence-corrected chi connectivity index (χ2v) is 5.78. The Hall–Kier alpha value is -3.55. The number of rotatable bonds is 7. The molecule has 0 radical (unpaired) electrons. The van der Waals surface area contributed by atoms with Gasteiger partial charge in [0.05, 0.1) is 6.61 Å². The summed E-state index contributed by atoms with van der Waals surface area (Å²) in [7, 11) is 0. The first-order valence-electron chi connectivity index (χ1n) is 8.82. The Morgan fingerprint density at radius 1 is 0.821 bits per heavy atom. The lowest BCUT2D eigenvalue weighted by molar-refractivity contribution is -0.123. The molecule has 3 amide bonds. The van der Waals surface area contributed by atoms with Gasteiger partial charge in [0, 0.05) is 6.42 Å². The Bertz CT molecular complexity index is 768. The van der Waals surface area contributed by atoms with Crippen LogP contribution in [0.1, 0.15) is 18.1 Å². The smallest absolute Gasteiger partial charge is 0.426 e. The molecule has 0 bridgehead atoms. The third-order valence-electron chi connectivity index (χ3n) is 3.67. The zero-order valence-corrected chi connectivity index (χ0v) is 15.5. The average molecular weight is 385 g/mol. The molecule has 0 aliphatic heterocycles. The molecule has 1 unspecified atom stereocenters. The molecule has 28 heavy (non-hydrogen) atoms. The van der Waals surface area contributed by atoms with Gasteiger partial charge in [0.2, 0.25) is 0 Å². The van der Waals surface area contributed by atoms with Crippen LogP contribution in [0.2, 0.25) is 0 Å². The third-order valence-corrected chi connectivity index (χ3v) is 3.67. The fourth-order valence-corrected chi connectivity index (χ4v) is 2.33. The second kappa shape index (κ2) is 11.2. The number of hydrogen-bond donors (Lipinski definition) is 3. The van der Waals surface area contributed by atoms with E-state index in [1.54, 1.807) is 6.92 Å². The molecule has 2 aromatic carbocycles. The van der Waals surface area contributed by atoms with Gasteiger partial charge in [0.25, 0.3) is 5.91 Å². The average Bonchev–Trinajstić information content (AvgIpc) is 2.72. The minimum absolute atomic E-state index is 0.0768. The van der Waals surface area contributed by atoms with Crippen LogP contribution in [0.15, 0.2) is 60.7 Å². The topological polar surface area (TPSA) is 106 Å². The number of hydrogen-bond acceptors (Lipinski definition) is 5. The van der Waals surface area contributed by atoms with Crippen LogP contribution in [-0.2, 0) is 27.3 Å². The van der Waals surface area contributed by atoms with E-state index in [2.05, 4.69) is 20.9 Å². The predicted molar refractivity (Wildman–Crippen MR) is 102 cm³/mol. The van der Waals surface area contributed by atoms with Gasteiger partial charge in [-0.25, -0.2) is 15.0 Å². The molecule has 0 aliphatic rings. The Kier molecular flexibility index (Phi) is 8.32. The molecule has 0 aromatic heterocycles. The number of ether oxygens (including phenoxy) is 2. The Morgan fingerprint density at radius 3 is 2.04 bits per heavy atom. The molecule has 8 nitrogen and oxygen atoms in total. The quantitative estimate of drug-likeness (QED) is 0.634. The maximum Gasteiger partial charge on any atom is 0.426 e. The fraction of sp³-hybridized carbons (Fsp3) is 0.250. The highest BCUT2D eigenvalue weighted by Gasteiger charge is 2.22.